The van der Waals surface area contributed by atoms with Gasteiger partial charge < -0.3 is 14.2 Å². The molecule has 5 nitrogen and oxygen atoms in total. The van der Waals surface area contributed by atoms with Crippen LogP contribution in [0.4, 0.5) is 10.5 Å². The van der Waals surface area contributed by atoms with Gasteiger partial charge in [0.05, 0.1) is 26.5 Å². The minimum Gasteiger partial charge on any atom is -0.497 e. The fraction of sp³-hybridized carbons (Fsp3) is 0.462. The zero-order valence-corrected chi connectivity index (χ0v) is 11.1. The second-order valence-corrected chi connectivity index (χ2v) is 4.18. The number of methoxy groups -OCH3 is 2. The van der Waals surface area contributed by atoms with Gasteiger partial charge in [-0.3, -0.25) is 5.32 Å². The Morgan fingerprint density at radius 3 is 2.56 bits per heavy atom. The summed E-state index contributed by atoms with van der Waals surface area (Å²) in [6.45, 7) is 4.32. The van der Waals surface area contributed by atoms with E-state index in [1.54, 1.807) is 25.3 Å². The summed E-state index contributed by atoms with van der Waals surface area (Å²) in [6.07, 6.45) is -0.504. The number of hydrogen-bond acceptors (Lipinski definition) is 4. The maximum absolute atomic E-state index is 11.6. The summed E-state index contributed by atoms with van der Waals surface area (Å²) in [5.74, 6) is 1.48. The van der Waals surface area contributed by atoms with E-state index in [2.05, 4.69) is 5.32 Å². The van der Waals surface area contributed by atoms with Gasteiger partial charge in [-0.2, -0.15) is 0 Å². The Bertz CT molecular complexity index is 404. The van der Waals surface area contributed by atoms with Gasteiger partial charge in [0.2, 0.25) is 0 Å². The lowest BCUT2D eigenvalue weighted by Gasteiger charge is -2.12. The van der Waals surface area contributed by atoms with Crippen LogP contribution >= 0.6 is 0 Å². The molecule has 100 valence electrons. The van der Waals surface area contributed by atoms with Gasteiger partial charge in [0, 0.05) is 6.07 Å². The van der Waals surface area contributed by atoms with E-state index < -0.39 is 6.09 Å². The number of benzene rings is 1. The fourth-order valence-corrected chi connectivity index (χ4v) is 1.30. The molecule has 1 aromatic rings. The first kappa shape index (κ1) is 14.2. The number of ether oxygens (including phenoxy) is 3. The van der Waals surface area contributed by atoms with Crippen molar-refractivity contribution in [3.05, 3.63) is 18.2 Å². The SMILES string of the molecule is COc1ccc(OC)c(NC(=O)OCC(C)C)c1. The molecule has 0 atom stereocenters. The second kappa shape index (κ2) is 6.74. The number of anilines is 1. The number of hydrogen-bond donors (Lipinski definition) is 1. The molecule has 1 amide bonds. The van der Waals surface area contributed by atoms with Crippen molar-refractivity contribution in [3.63, 3.8) is 0 Å². The van der Waals surface area contributed by atoms with Gasteiger partial charge in [-0.25, -0.2) is 4.79 Å². The van der Waals surface area contributed by atoms with Crippen molar-refractivity contribution in [2.24, 2.45) is 5.92 Å². The molecule has 0 radical (unpaired) electrons. The predicted octanol–water partition coefficient (Wildman–Crippen LogP) is 2.91. The van der Waals surface area contributed by atoms with Crippen LogP contribution in [0, 0.1) is 5.92 Å². The Balaban J connectivity index is 2.72. The Kier molecular flexibility index (Phi) is 5.30. The molecular formula is C13H19NO4. The van der Waals surface area contributed by atoms with Gasteiger partial charge in [-0.05, 0) is 18.1 Å². The summed E-state index contributed by atoms with van der Waals surface area (Å²) < 4.78 is 15.3. The van der Waals surface area contributed by atoms with Crippen LogP contribution in [0.2, 0.25) is 0 Å². The molecule has 0 bridgehead atoms. The highest BCUT2D eigenvalue weighted by molar-refractivity contribution is 5.87. The van der Waals surface area contributed by atoms with Crippen LogP contribution in [0.25, 0.3) is 0 Å². The number of carbonyl (C=O) groups excluding carboxylic acids is 1. The first-order chi connectivity index (χ1) is 8.56. The van der Waals surface area contributed by atoms with Crippen LogP contribution in [0.3, 0.4) is 0 Å². The molecule has 5 heteroatoms. The Morgan fingerprint density at radius 1 is 1.28 bits per heavy atom. The average Bonchev–Trinajstić information content (AvgIpc) is 2.36. The zero-order valence-electron chi connectivity index (χ0n) is 11.1. The van der Waals surface area contributed by atoms with E-state index in [1.165, 1.54) is 7.11 Å². The summed E-state index contributed by atoms with van der Waals surface area (Å²) in [5.41, 5.74) is 0.519. The van der Waals surface area contributed by atoms with E-state index in [0.717, 1.165) is 0 Å². The van der Waals surface area contributed by atoms with E-state index in [1.807, 2.05) is 13.8 Å². The van der Waals surface area contributed by atoms with E-state index in [-0.39, 0.29) is 0 Å². The van der Waals surface area contributed by atoms with Crippen molar-refractivity contribution in [1.29, 1.82) is 0 Å². The monoisotopic (exact) mass is 253 g/mol. The lowest BCUT2D eigenvalue weighted by molar-refractivity contribution is 0.147. The summed E-state index contributed by atoms with van der Waals surface area (Å²) in [6, 6.07) is 5.15. The maximum atomic E-state index is 11.6. The van der Waals surface area contributed by atoms with Gasteiger partial charge in [0.1, 0.15) is 11.5 Å². The van der Waals surface area contributed by atoms with Gasteiger partial charge in [0.25, 0.3) is 0 Å². The summed E-state index contributed by atoms with van der Waals surface area (Å²) in [7, 11) is 3.09. The Morgan fingerprint density at radius 2 is 2.00 bits per heavy atom. The molecule has 0 aromatic heterocycles. The minimum atomic E-state index is -0.504. The third-order valence-electron chi connectivity index (χ3n) is 2.19. The highest BCUT2D eigenvalue weighted by Crippen LogP contribution is 2.28. The number of rotatable bonds is 5. The first-order valence-electron chi connectivity index (χ1n) is 5.72. The van der Waals surface area contributed by atoms with Crippen LogP contribution < -0.4 is 14.8 Å². The number of carbonyl (C=O) groups is 1. The molecule has 0 aliphatic rings. The van der Waals surface area contributed by atoms with Gasteiger partial charge >= 0.3 is 6.09 Å². The standard InChI is InChI=1S/C13H19NO4/c1-9(2)8-18-13(15)14-11-7-10(16-3)5-6-12(11)17-4/h5-7,9H,8H2,1-4H3,(H,14,15). The van der Waals surface area contributed by atoms with Crippen molar-refractivity contribution >= 4 is 11.8 Å². The predicted molar refractivity (Wildman–Crippen MR) is 69.4 cm³/mol. The third kappa shape index (κ3) is 4.16. The largest absolute Gasteiger partial charge is 0.497 e. The van der Waals surface area contributed by atoms with Gasteiger partial charge in [-0.15, -0.1) is 0 Å². The minimum absolute atomic E-state index is 0.294. The van der Waals surface area contributed by atoms with Crippen LogP contribution in [-0.2, 0) is 4.74 Å². The molecule has 0 aliphatic heterocycles. The van der Waals surface area contributed by atoms with Gasteiger partial charge in [0.15, 0.2) is 0 Å². The van der Waals surface area contributed by atoms with Crippen LogP contribution in [0.1, 0.15) is 13.8 Å². The van der Waals surface area contributed by atoms with Crippen molar-refractivity contribution in [3.8, 4) is 11.5 Å². The van der Waals surface area contributed by atoms with Crippen LogP contribution in [0.15, 0.2) is 18.2 Å². The molecule has 0 spiro atoms. The lowest BCUT2D eigenvalue weighted by Crippen LogP contribution is -2.17. The molecule has 0 saturated carbocycles. The lowest BCUT2D eigenvalue weighted by atomic mass is 10.2. The molecule has 18 heavy (non-hydrogen) atoms. The molecule has 0 saturated heterocycles. The summed E-state index contributed by atoms with van der Waals surface area (Å²) in [5, 5.41) is 2.63. The van der Waals surface area contributed by atoms with E-state index >= 15 is 0 Å². The van der Waals surface area contributed by atoms with Crippen LogP contribution in [-0.4, -0.2) is 26.9 Å². The van der Waals surface area contributed by atoms with E-state index in [0.29, 0.717) is 29.7 Å². The number of amides is 1. The highest BCUT2D eigenvalue weighted by atomic mass is 16.5. The maximum Gasteiger partial charge on any atom is 0.411 e. The zero-order chi connectivity index (χ0) is 13.5. The molecule has 1 aromatic carbocycles. The Labute approximate surface area is 107 Å². The highest BCUT2D eigenvalue weighted by Gasteiger charge is 2.10. The molecule has 0 heterocycles. The normalized spacial score (nSPS) is 10.1. The van der Waals surface area contributed by atoms with E-state index in [4.69, 9.17) is 14.2 Å². The Hall–Kier alpha value is -1.91. The van der Waals surface area contributed by atoms with Crippen molar-refractivity contribution < 1.29 is 19.0 Å². The fourth-order valence-electron chi connectivity index (χ4n) is 1.30. The molecule has 0 aliphatic carbocycles. The average molecular weight is 253 g/mol. The summed E-state index contributed by atoms with van der Waals surface area (Å²) in [4.78, 5) is 11.6. The van der Waals surface area contributed by atoms with Crippen molar-refractivity contribution in [2.75, 3.05) is 26.1 Å². The molecule has 1 N–H and O–H groups in total. The molecule has 0 unspecified atom stereocenters. The summed E-state index contributed by atoms with van der Waals surface area (Å²) >= 11 is 0. The number of nitrogens with one attached hydrogen (secondary N) is 1. The van der Waals surface area contributed by atoms with Crippen molar-refractivity contribution in [1.82, 2.24) is 0 Å². The van der Waals surface area contributed by atoms with E-state index in [9.17, 15) is 4.79 Å². The first-order valence-corrected chi connectivity index (χ1v) is 5.72. The second-order valence-electron chi connectivity index (χ2n) is 4.18. The van der Waals surface area contributed by atoms with Crippen LogP contribution in [0.5, 0.6) is 11.5 Å². The molecular weight excluding hydrogens is 234 g/mol. The quantitative estimate of drug-likeness (QED) is 0.876. The smallest absolute Gasteiger partial charge is 0.411 e. The third-order valence-corrected chi connectivity index (χ3v) is 2.19. The molecule has 1 rings (SSSR count). The topological polar surface area (TPSA) is 56.8 Å². The van der Waals surface area contributed by atoms with Crippen molar-refractivity contribution in [2.45, 2.75) is 13.8 Å². The van der Waals surface area contributed by atoms with Gasteiger partial charge in [-0.1, -0.05) is 13.8 Å². The molecule has 0 fully saturated rings.